The molecule has 0 radical (unpaired) electrons. The Morgan fingerprint density at radius 3 is 2.86 bits per heavy atom. The number of aliphatic imine (C=N–C) groups is 1. The molecule has 1 aromatic rings. The Morgan fingerprint density at radius 1 is 1.10 bits per heavy atom. The van der Waals surface area contributed by atoms with Crippen LogP contribution >= 0.6 is 11.8 Å². The predicted molar refractivity (Wildman–Crippen MR) is 123 cm³/mol. The van der Waals surface area contributed by atoms with Gasteiger partial charge in [0.25, 0.3) is 0 Å². The summed E-state index contributed by atoms with van der Waals surface area (Å²) in [4.78, 5) is 5.96. The summed E-state index contributed by atoms with van der Waals surface area (Å²) in [6.45, 7) is 1.74. The molecule has 3 aliphatic rings. The molecule has 3 nitrogen and oxygen atoms in total. The third-order valence-corrected chi connectivity index (χ3v) is 7.08. The van der Waals surface area contributed by atoms with Gasteiger partial charge < -0.3 is 10.5 Å². The number of thioether (sulfide) groups is 1. The van der Waals surface area contributed by atoms with E-state index in [2.05, 4.69) is 42.1 Å². The number of fused-ring (bicyclic) bond motifs is 1. The summed E-state index contributed by atoms with van der Waals surface area (Å²) >= 11 is 1.89. The van der Waals surface area contributed by atoms with Gasteiger partial charge in [-0.15, -0.1) is 17.5 Å². The third kappa shape index (κ3) is 5.61. The number of allylic oxidation sites excluding steroid dienone is 4. The SMILES string of the molecule is N[C@H]1CC/C=C(/C2=CC=C=C(SC3CCOCC3)C=N2)CCCc2ccccc21. The van der Waals surface area contributed by atoms with Crippen molar-refractivity contribution < 1.29 is 4.74 Å². The largest absolute Gasteiger partial charge is 0.381 e. The Kier molecular flexibility index (Phi) is 7.23. The van der Waals surface area contributed by atoms with Crippen LogP contribution in [0.3, 0.4) is 0 Å². The maximum atomic E-state index is 6.49. The van der Waals surface area contributed by atoms with E-state index in [0.29, 0.717) is 5.25 Å². The highest BCUT2D eigenvalue weighted by atomic mass is 32.2. The first-order valence-electron chi connectivity index (χ1n) is 10.8. The van der Waals surface area contributed by atoms with E-state index in [9.17, 15) is 0 Å². The van der Waals surface area contributed by atoms with Crippen LogP contribution in [0.2, 0.25) is 0 Å². The van der Waals surface area contributed by atoms with E-state index in [0.717, 1.165) is 68.8 Å². The Hall–Kier alpha value is -1.84. The monoisotopic (exact) mass is 406 g/mol. The van der Waals surface area contributed by atoms with Gasteiger partial charge in [-0.1, -0.05) is 30.3 Å². The zero-order valence-corrected chi connectivity index (χ0v) is 17.8. The fraction of sp³-hybridized carbons (Fsp3) is 0.440. The van der Waals surface area contributed by atoms with E-state index in [1.54, 1.807) is 0 Å². The lowest BCUT2D eigenvalue weighted by Crippen LogP contribution is -2.17. The highest BCUT2D eigenvalue weighted by Gasteiger charge is 2.17. The van der Waals surface area contributed by atoms with Gasteiger partial charge in [-0.25, -0.2) is 0 Å². The molecule has 0 bridgehead atoms. The Morgan fingerprint density at radius 2 is 1.97 bits per heavy atom. The third-order valence-electron chi connectivity index (χ3n) is 5.79. The van der Waals surface area contributed by atoms with Gasteiger partial charge in [0.1, 0.15) is 0 Å². The first kappa shape index (κ1) is 20.4. The summed E-state index contributed by atoms with van der Waals surface area (Å²) in [7, 11) is 0. The Bertz CT molecular complexity index is 871. The minimum atomic E-state index is 0.109. The van der Waals surface area contributed by atoms with Crippen LogP contribution in [0.15, 0.2) is 69.4 Å². The smallest absolute Gasteiger partial charge is 0.0679 e. The number of ether oxygens (including phenoxy) is 1. The first-order valence-corrected chi connectivity index (χ1v) is 11.7. The van der Waals surface area contributed by atoms with Crippen molar-refractivity contribution in [2.24, 2.45) is 10.7 Å². The van der Waals surface area contributed by atoms with Crippen molar-refractivity contribution in [1.82, 2.24) is 0 Å². The van der Waals surface area contributed by atoms with E-state index in [4.69, 9.17) is 15.5 Å². The molecule has 4 heteroatoms. The van der Waals surface area contributed by atoms with Gasteiger partial charge in [-0.3, -0.25) is 4.99 Å². The van der Waals surface area contributed by atoms with Crippen LogP contribution in [0.25, 0.3) is 0 Å². The number of nitrogens with two attached hydrogens (primary N) is 1. The summed E-state index contributed by atoms with van der Waals surface area (Å²) in [5.74, 6) is 0. The van der Waals surface area contributed by atoms with Crippen LogP contribution in [0, 0.1) is 0 Å². The zero-order chi connectivity index (χ0) is 19.9. The Labute approximate surface area is 178 Å². The molecular formula is C25H30N2OS. The number of hydrogen-bond donors (Lipinski definition) is 1. The number of benzene rings is 1. The summed E-state index contributed by atoms with van der Waals surface area (Å²) in [6, 6.07) is 8.76. The molecule has 2 aliphatic heterocycles. The van der Waals surface area contributed by atoms with Crippen LogP contribution in [0.4, 0.5) is 0 Å². The molecule has 152 valence electrons. The molecule has 0 saturated carbocycles. The summed E-state index contributed by atoms with van der Waals surface area (Å²) < 4.78 is 5.47. The molecule has 1 aromatic carbocycles. The first-order chi connectivity index (χ1) is 14.3. The second-order valence-corrected chi connectivity index (χ2v) is 9.22. The molecular weight excluding hydrogens is 376 g/mol. The normalized spacial score (nSPS) is 25.3. The maximum Gasteiger partial charge on any atom is 0.0679 e. The van der Waals surface area contributed by atoms with E-state index in [1.807, 2.05) is 24.1 Å². The summed E-state index contributed by atoms with van der Waals surface area (Å²) in [6.07, 6.45) is 15.9. The molecule has 0 aromatic heterocycles. The predicted octanol–water partition coefficient (Wildman–Crippen LogP) is 5.65. The van der Waals surface area contributed by atoms with Crippen molar-refractivity contribution in [2.75, 3.05) is 13.2 Å². The summed E-state index contributed by atoms with van der Waals surface area (Å²) in [5, 5.41) is 0.613. The number of nitrogens with zero attached hydrogens (tertiary/aromatic N) is 1. The van der Waals surface area contributed by atoms with Crippen LogP contribution in [-0.4, -0.2) is 24.7 Å². The van der Waals surface area contributed by atoms with Gasteiger partial charge in [0.2, 0.25) is 0 Å². The minimum absolute atomic E-state index is 0.109. The van der Waals surface area contributed by atoms with Gasteiger partial charge in [0.05, 0.1) is 10.6 Å². The quantitative estimate of drug-likeness (QED) is 0.660. The van der Waals surface area contributed by atoms with Crippen LogP contribution in [-0.2, 0) is 11.2 Å². The maximum absolute atomic E-state index is 6.49. The highest BCUT2D eigenvalue weighted by molar-refractivity contribution is 8.04. The minimum Gasteiger partial charge on any atom is -0.381 e. The number of rotatable bonds is 3. The second-order valence-electron chi connectivity index (χ2n) is 7.88. The summed E-state index contributed by atoms with van der Waals surface area (Å²) in [5.41, 5.74) is 15.0. The van der Waals surface area contributed by atoms with Crippen LogP contribution < -0.4 is 5.73 Å². The Balaban J connectivity index is 1.43. The molecule has 29 heavy (non-hydrogen) atoms. The van der Waals surface area contributed by atoms with Crippen LogP contribution in [0.1, 0.15) is 55.7 Å². The van der Waals surface area contributed by atoms with Crippen molar-refractivity contribution in [3.63, 3.8) is 0 Å². The van der Waals surface area contributed by atoms with Crippen molar-refractivity contribution in [2.45, 2.75) is 56.2 Å². The van der Waals surface area contributed by atoms with E-state index in [1.165, 1.54) is 16.7 Å². The van der Waals surface area contributed by atoms with Gasteiger partial charge in [-0.2, -0.15) is 0 Å². The lowest BCUT2D eigenvalue weighted by Gasteiger charge is -2.21. The average molecular weight is 407 g/mol. The fourth-order valence-corrected chi connectivity index (χ4v) is 5.20. The highest BCUT2D eigenvalue weighted by Crippen LogP contribution is 2.30. The number of aryl methyl sites for hydroxylation is 1. The van der Waals surface area contributed by atoms with Crippen molar-refractivity contribution in [3.05, 3.63) is 75.5 Å². The van der Waals surface area contributed by atoms with E-state index >= 15 is 0 Å². The van der Waals surface area contributed by atoms with E-state index in [-0.39, 0.29) is 6.04 Å². The molecule has 1 aliphatic carbocycles. The standard InChI is InChI=1S/C25H30N2OS/c26-24-12-4-9-20(8-3-7-19-6-1-2-11-23(19)24)25-13-5-10-22(18-27-25)29-21-14-16-28-17-15-21/h1-2,5-6,9,11,13,18,21,24H,3-4,7-8,12,14-17,26H2/b20-9+/t24-/m0/s1. The molecule has 4 rings (SSSR count). The second kappa shape index (κ2) is 10.3. The molecule has 0 amide bonds. The van der Waals surface area contributed by atoms with Gasteiger partial charge in [0.15, 0.2) is 0 Å². The lowest BCUT2D eigenvalue weighted by molar-refractivity contribution is 0.100. The van der Waals surface area contributed by atoms with Crippen molar-refractivity contribution in [3.8, 4) is 0 Å². The van der Waals surface area contributed by atoms with E-state index < -0.39 is 0 Å². The van der Waals surface area contributed by atoms with Crippen molar-refractivity contribution >= 4 is 18.0 Å². The molecule has 0 unspecified atom stereocenters. The van der Waals surface area contributed by atoms with Gasteiger partial charge in [-0.05, 0) is 73.8 Å². The van der Waals surface area contributed by atoms with Crippen LogP contribution in [0.5, 0.6) is 0 Å². The molecule has 2 N–H and O–H groups in total. The molecule has 2 heterocycles. The average Bonchev–Trinajstić information content (AvgIpc) is 2.99. The van der Waals surface area contributed by atoms with Gasteiger partial charge >= 0.3 is 0 Å². The number of hydrogen-bond acceptors (Lipinski definition) is 4. The topological polar surface area (TPSA) is 47.6 Å². The van der Waals surface area contributed by atoms with Crippen molar-refractivity contribution in [1.29, 1.82) is 0 Å². The molecule has 1 saturated heterocycles. The molecule has 0 spiro atoms. The molecule has 1 fully saturated rings. The fourth-order valence-electron chi connectivity index (χ4n) is 4.16. The van der Waals surface area contributed by atoms with Gasteiger partial charge in [0, 0.05) is 30.7 Å². The zero-order valence-electron chi connectivity index (χ0n) is 17.0. The lowest BCUT2D eigenvalue weighted by atomic mass is 9.91. The molecule has 1 atom stereocenters.